The minimum absolute atomic E-state index is 0.0287. The molecular formula is C10H14N2O5S3. The number of rotatable bonds is 2. The molecule has 1 aromatic heterocycles. The third kappa shape index (κ3) is 2.60. The van der Waals surface area contributed by atoms with E-state index in [0.29, 0.717) is 16.9 Å². The zero-order valence-electron chi connectivity index (χ0n) is 10.8. The van der Waals surface area contributed by atoms with Gasteiger partial charge in [0.15, 0.2) is 9.84 Å². The first-order chi connectivity index (χ1) is 9.03. The lowest BCUT2D eigenvalue weighted by Crippen LogP contribution is -2.35. The van der Waals surface area contributed by atoms with E-state index in [1.807, 2.05) is 0 Å². The molecule has 0 radical (unpaired) electrons. The monoisotopic (exact) mass is 338 g/mol. The number of sulfone groups is 1. The van der Waals surface area contributed by atoms with Crippen LogP contribution in [0.1, 0.15) is 31.9 Å². The summed E-state index contributed by atoms with van der Waals surface area (Å²) >= 11 is 0.632. The molecule has 0 aromatic carbocycles. The average molecular weight is 338 g/mol. The van der Waals surface area contributed by atoms with E-state index in [-0.39, 0.29) is 20.7 Å². The second kappa shape index (κ2) is 4.79. The van der Waals surface area contributed by atoms with Gasteiger partial charge in [0.1, 0.15) is 8.42 Å². The van der Waals surface area contributed by atoms with E-state index in [1.54, 1.807) is 0 Å². The van der Waals surface area contributed by atoms with Gasteiger partial charge in [0.2, 0.25) is 15.9 Å². The van der Waals surface area contributed by atoms with Gasteiger partial charge in [-0.25, -0.2) is 22.0 Å². The first-order valence-corrected chi connectivity index (χ1v) is 9.62. The molecule has 10 heteroatoms. The molecule has 7 nitrogen and oxygen atoms in total. The lowest BCUT2D eigenvalue weighted by molar-refractivity contribution is -0.119. The fourth-order valence-electron chi connectivity index (χ4n) is 2.12. The van der Waals surface area contributed by atoms with Gasteiger partial charge in [-0.05, 0) is 19.4 Å². The van der Waals surface area contributed by atoms with Crippen LogP contribution < -0.4 is 10.5 Å². The van der Waals surface area contributed by atoms with Gasteiger partial charge >= 0.3 is 0 Å². The molecule has 1 amide bonds. The highest BCUT2D eigenvalue weighted by Gasteiger charge is 2.39. The van der Waals surface area contributed by atoms with Crippen LogP contribution in [0.3, 0.4) is 0 Å². The van der Waals surface area contributed by atoms with Crippen LogP contribution in [0.4, 0.5) is 0 Å². The first-order valence-electron chi connectivity index (χ1n) is 5.71. The van der Waals surface area contributed by atoms with Crippen molar-refractivity contribution in [1.82, 2.24) is 5.32 Å². The summed E-state index contributed by atoms with van der Waals surface area (Å²) < 4.78 is 47.0. The molecule has 0 saturated carbocycles. The van der Waals surface area contributed by atoms with Crippen molar-refractivity contribution in [2.24, 2.45) is 5.14 Å². The topological polar surface area (TPSA) is 123 Å². The van der Waals surface area contributed by atoms with Crippen molar-refractivity contribution in [1.29, 1.82) is 0 Å². The highest BCUT2D eigenvalue weighted by molar-refractivity contribution is 7.95. The lowest BCUT2D eigenvalue weighted by Gasteiger charge is -2.27. The number of primary sulfonamides is 1. The third-order valence-electron chi connectivity index (χ3n) is 3.09. The van der Waals surface area contributed by atoms with Crippen molar-refractivity contribution in [2.45, 2.75) is 40.0 Å². The fraction of sp³-hybridized carbons (Fsp3) is 0.500. The molecule has 0 bridgehead atoms. The molecule has 0 saturated heterocycles. The molecule has 20 heavy (non-hydrogen) atoms. The van der Waals surface area contributed by atoms with Crippen LogP contribution in [0.5, 0.6) is 0 Å². The van der Waals surface area contributed by atoms with E-state index in [0.717, 1.165) is 0 Å². The number of thiophene rings is 1. The van der Waals surface area contributed by atoms with Crippen LogP contribution in [0.2, 0.25) is 0 Å². The Kier molecular flexibility index (Phi) is 3.70. The van der Waals surface area contributed by atoms with Gasteiger partial charge in [0.05, 0.1) is 11.3 Å². The number of nitrogens with two attached hydrogens (primary N) is 1. The number of hydrogen-bond acceptors (Lipinski definition) is 6. The van der Waals surface area contributed by atoms with Gasteiger partial charge in [0, 0.05) is 12.5 Å². The molecule has 3 N–H and O–H groups in total. The van der Waals surface area contributed by atoms with Gasteiger partial charge in [-0.15, -0.1) is 11.3 Å². The molecule has 2 atom stereocenters. The molecule has 2 rings (SSSR count). The normalized spacial score (nSPS) is 24.9. The largest absolute Gasteiger partial charge is 0.349 e. The quantitative estimate of drug-likeness (QED) is 0.794. The Morgan fingerprint density at radius 1 is 1.50 bits per heavy atom. The maximum atomic E-state index is 12.2. The maximum absolute atomic E-state index is 12.2. The summed E-state index contributed by atoms with van der Waals surface area (Å²) in [5, 5.41) is 6.98. The van der Waals surface area contributed by atoms with Gasteiger partial charge in [-0.3, -0.25) is 4.79 Å². The molecule has 0 unspecified atom stereocenters. The predicted molar refractivity (Wildman–Crippen MR) is 73.5 cm³/mol. The van der Waals surface area contributed by atoms with Crippen molar-refractivity contribution in [3.63, 3.8) is 0 Å². The van der Waals surface area contributed by atoms with Crippen LogP contribution in [0.25, 0.3) is 0 Å². The van der Waals surface area contributed by atoms with Crippen molar-refractivity contribution in [3.05, 3.63) is 11.6 Å². The number of carbonyl (C=O) groups is 1. The summed E-state index contributed by atoms with van der Waals surface area (Å²) in [6.07, 6.45) is 0.204. The summed E-state index contributed by atoms with van der Waals surface area (Å²) in [6, 6.07) is 0.715. The summed E-state index contributed by atoms with van der Waals surface area (Å²) in [4.78, 5) is 11.2. The molecule has 0 aliphatic carbocycles. The molecule has 1 aromatic rings. The zero-order chi connectivity index (χ0) is 15.3. The van der Waals surface area contributed by atoms with Crippen molar-refractivity contribution < 1.29 is 21.6 Å². The molecule has 112 valence electrons. The molecule has 2 heterocycles. The van der Waals surface area contributed by atoms with E-state index in [1.165, 1.54) is 19.9 Å². The standard InChI is InChI=1S/C10H14N2O5S3/c1-5-3-8(12-6(2)13)7-4-9(20(11,16)17)18-10(7)19(5,14)15/h4-5,8H,3H2,1-2H3,(H,12,13)(H2,11,16,17)/t5-,8-/m1/s1. The number of nitrogens with one attached hydrogen (secondary N) is 1. The van der Waals surface area contributed by atoms with Gasteiger partial charge < -0.3 is 5.32 Å². The Balaban J connectivity index is 2.64. The van der Waals surface area contributed by atoms with Crippen LogP contribution in [-0.4, -0.2) is 28.0 Å². The first kappa shape index (κ1) is 15.4. The third-order valence-corrected chi connectivity index (χ3v) is 8.41. The highest BCUT2D eigenvalue weighted by atomic mass is 32.3. The summed E-state index contributed by atoms with van der Waals surface area (Å²) in [7, 11) is -7.56. The smallest absolute Gasteiger partial charge is 0.247 e. The Labute approximate surface area is 121 Å². The number of sulfonamides is 1. The predicted octanol–water partition coefficient (Wildman–Crippen LogP) is 0.139. The van der Waals surface area contributed by atoms with Crippen LogP contribution in [0, 0.1) is 0 Å². The molecular weight excluding hydrogens is 324 g/mol. The van der Waals surface area contributed by atoms with E-state index < -0.39 is 31.2 Å². The van der Waals surface area contributed by atoms with Gasteiger partial charge in [-0.2, -0.15) is 0 Å². The second-order valence-electron chi connectivity index (χ2n) is 4.70. The zero-order valence-corrected chi connectivity index (χ0v) is 13.2. The Hall–Kier alpha value is -0.970. The van der Waals surface area contributed by atoms with Crippen molar-refractivity contribution in [3.8, 4) is 0 Å². The SMILES string of the molecule is CC(=O)N[C@@H]1C[C@@H](C)S(=O)(=O)c2sc(S(N)(=O)=O)cc21. The molecule has 1 aliphatic heterocycles. The highest BCUT2D eigenvalue weighted by Crippen LogP contribution is 2.42. The summed E-state index contributed by atoms with van der Waals surface area (Å²) in [5.41, 5.74) is 0.298. The maximum Gasteiger partial charge on any atom is 0.247 e. The van der Waals surface area contributed by atoms with Crippen LogP contribution >= 0.6 is 11.3 Å². The number of hydrogen-bond donors (Lipinski definition) is 2. The van der Waals surface area contributed by atoms with Crippen LogP contribution in [-0.2, 0) is 24.7 Å². The Morgan fingerprint density at radius 2 is 2.10 bits per heavy atom. The van der Waals surface area contributed by atoms with Gasteiger partial charge in [-0.1, -0.05) is 0 Å². The fourth-order valence-corrected chi connectivity index (χ4v) is 6.54. The minimum atomic E-state index is -3.98. The average Bonchev–Trinajstić information content (AvgIpc) is 2.70. The lowest BCUT2D eigenvalue weighted by atomic mass is 10.1. The molecule has 1 aliphatic rings. The Bertz CT molecular complexity index is 763. The number of fused-ring (bicyclic) bond motifs is 1. The van der Waals surface area contributed by atoms with Gasteiger partial charge in [0.25, 0.3) is 0 Å². The van der Waals surface area contributed by atoms with E-state index in [2.05, 4.69) is 5.32 Å². The molecule has 0 fully saturated rings. The minimum Gasteiger partial charge on any atom is -0.349 e. The summed E-state index contributed by atoms with van der Waals surface area (Å²) in [5.74, 6) is -0.309. The van der Waals surface area contributed by atoms with E-state index >= 15 is 0 Å². The van der Waals surface area contributed by atoms with Crippen LogP contribution in [0.15, 0.2) is 14.5 Å². The second-order valence-corrected chi connectivity index (χ2v) is 10.1. The molecule has 0 spiro atoms. The number of amides is 1. The Morgan fingerprint density at radius 3 is 2.60 bits per heavy atom. The van der Waals surface area contributed by atoms with Crippen molar-refractivity contribution in [2.75, 3.05) is 0 Å². The number of carbonyl (C=O) groups excluding carboxylic acids is 1. The summed E-state index contributed by atoms with van der Waals surface area (Å²) in [6.45, 7) is 2.85. The van der Waals surface area contributed by atoms with E-state index in [4.69, 9.17) is 5.14 Å². The van der Waals surface area contributed by atoms with E-state index in [9.17, 15) is 21.6 Å². The van der Waals surface area contributed by atoms with Crippen molar-refractivity contribution >= 4 is 37.1 Å².